The van der Waals surface area contributed by atoms with Gasteiger partial charge in [-0.3, -0.25) is 0 Å². The number of para-hydroxylation sites is 1. The number of benzene rings is 6. The van der Waals surface area contributed by atoms with Gasteiger partial charge in [0.1, 0.15) is 12.3 Å². The van der Waals surface area contributed by atoms with Crippen LogP contribution in [0.3, 0.4) is 0 Å². The Balaban J connectivity index is 0.000000224. The summed E-state index contributed by atoms with van der Waals surface area (Å²) >= 11 is 0. The zero-order valence-electron chi connectivity index (χ0n) is 24.6. The first-order valence-corrected chi connectivity index (χ1v) is 18.1. The Kier molecular flexibility index (Phi) is 14.1. The van der Waals surface area contributed by atoms with Crippen LogP contribution in [0.2, 0.25) is 0 Å². The minimum absolute atomic E-state index is 0. The first-order chi connectivity index (χ1) is 21.4. The van der Waals surface area contributed by atoms with Crippen LogP contribution in [0, 0.1) is 6.07 Å². The monoisotopic (exact) mass is 651 g/mol. The van der Waals surface area contributed by atoms with Gasteiger partial charge in [0, 0.05) is 0 Å². The van der Waals surface area contributed by atoms with E-state index in [1.165, 1.54) is 38.9 Å². The molecule has 7 aromatic rings. The molecule has 220 valence electrons. The molecule has 0 saturated carbocycles. The minimum Gasteiger partial charge on any atom is -0.664 e. The van der Waals surface area contributed by atoms with Crippen molar-refractivity contribution in [1.29, 1.82) is 0 Å². The van der Waals surface area contributed by atoms with Crippen molar-refractivity contribution >= 4 is 48.0 Å². The molecule has 0 bridgehead atoms. The topological polar surface area (TPSA) is 14.1 Å². The minimum atomic E-state index is -0.783. The molecule has 0 amide bonds. The van der Waals surface area contributed by atoms with Crippen molar-refractivity contribution in [3.8, 4) is 0 Å². The van der Waals surface area contributed by atoms with Gasteiger partial charge in [-0.05, 0) is 53.9 Å². The van der Waals surface area contributed by atoms with Crippen LogP contribution in [0.25, 0.3) is 10.9 Å². The Morgan fingerprint density at radius 2 is 0.773 bits per heavy atom. The van der Waals surface area contributed by atoms with Gasteiger partial charge in [0.05, 0.1) is 37.1 Å². The van der Waals surface area contributed by atoms with E-state index in [-0.39, 0.29) is 16.5 Å². The van der Waals surface area contributed by atoms with Gasteiger partial charge in [-0.2, -0.15) is 42.6 Å². The van der Waals surface area contributed by atoms with Crippen LogP contribution in [-0.4, -0.2) is 12.3 Å². The van der Waals surface area contributed by atoms with Gasteiger partial charge in [-0.1, -0.05) is 103 Å². The molecule has 44 heavy (non-hydrogen) atoms. The molecule has 0 aliphatic heterocycles. The predicted molar refractivity (Wildman–Crippen MR) is 193 cm³/mol. The molecule has 0 fully saturated rings. The second kappa shape index (κ2) is 18.8. The van der Waals surface area contributed by atoms with E-state index in [1.54, 1.807) is 0 Å². The average molecular weight is 652 g/mol. The van der Waals surface area contributed by atoms with E-state index in [0.717, 1.165) is 5.52 Å². The van der Waals surface area contributed by atoms with Crippen LogP contribution in [0.5, 0.6) is 0 Å². The van der Waals surface area contributed by atoms with E-state index in [9.17, 15) is 0 Å². The van der Waals surface area contributed by atoms with Crippen molar-refractivity contribution in [3.63, 3.8) is 0 Å². The Morgan fingerprint density at radius 1 is 0.409 bits per heavy atom. The quantitative estimate of drug-likeness (QED) is 0.0968. The third-order valence-electron chi connectivity index (χ3n) is 7.13. The Bertz CT molecular complexity index is 1490. The van der Waals surface area contributed by atoms with Crippen molar-refractivity contribution in [1.82, 2.24) is 4.98 Å². The number of hydrogen-bond acceptors (Lipinski definition) is 0. The summed E-state index contributed by atoms with van der Waals surface area (Å²) in [6.07, 6.45) is 4.35. The van der Waals surface area contributed by atoms with E-state index in [0.29, 0.717) is 0 Å². The number of rotatable bonds is 7. The van der Waals surface area contributed by atoms with Gasteiger partial charge in [0.2, 0.25) is 0 Å². The standard InChI is InChI=1S/C26H24P2.C8H6N.C6H5.Ni/c1-5-13-23(14-6-1)27(24-15-7-2-8-16-24)21-22-28(25-17-9-3-10-18-25)26-19-11-4-12-20-26;1-2-4-8-7(3-1)5-6-9-8;1-2-4-6-5-3-1;/h1-20H,21-22H2;1-6H;1-5H;/q;2*-1;+2/p+2. The molecule has 6 aromatic carbocycles. The van der Waals surface area contributed by atoms with Gasteiger partial charge < -0.3 is 4.98 Å². The summed E-state index contributed by atoms with van der Waals surface area (Å²) < 4.78 is 0. The second-order valence-electron chi connectivity index (χ2n) is 10.0. The molecule has 0 atom stereocenters. The Hall–Kier alpha value is -3.79. The van der Waals surface area contributed by atoms with Gasteiger partial charge in [0.15, 0.2) is 0 Å². The molecule has 7 rings (SSSR count). The number of hydrogen-bond donors (Lipinski definition) is 0. The maximum absolute atomic E-state index is 4.12. The maximum Gasteiger partial charge on any atom is 2.00 e. The van der Waals surface area contributed by atoms with E-state index in [1.807, 2.05) is 60.8 Å². The maximum atomic E-state index is 4.12. The van der Waals surface area contributed by atoms with Gasteiger partial charge in [-0.15, -0.1) is 5.52 Å². The van der Waals surface area contributed by atoms with E-state index < -0.39 is 15.8 Å². The van der Waals surface area contributed by atoms with E-state index in [2.05, 4.69) is 138 Å². The summed E-state index contributed by atoms with van der Waals surface area (Å²) in [5.41, 5.74) is 1.08. The van der Waals surface area contributed by atoms with Gasteiger partial charge >= 0.3 is 16.5 Å². The first-order valence-electron chi connectivity index (χ1n) is 14.7. The SMILES string of the molecule is [Ni+2].[c-]1ccccc1.c1ccc([PH+](CC[PH+](c2ccccc2)c2ccccc2)c2ccccc2)cc1.c1ccc2[n-]ccc2c1. The average Bonchev–Trinajstić information content (AvgIpc) is 3.59. The smallest absolute Gasteiger partial charge is 0.664 e. The molecular weight excluding hydrogens is 615 g/mol. The van der Waals surface area contributed by atoms with E-state index in [4.69, 9.17) is 0 Å². The first kappa shape index (κ1) is 33.1. The summed E-state index contributed by atoms with van der Waals surface area (Å²) in [6.45, 7) is 0. The van der Waals surface area contributed by atoms with E-state index >= 15 is 0 Å². The molecule has 1 heterocycles. The summed E-state index contributed by atoms with van der Waals surface area (Å²) in [7, 11) is -1.57. The third kappa shape index (κ3) is 10.1. The van der Waals surface area contributed by atoms with Gasteiger partial charge in [0.25, 0.3) is 0 Å². The zero-order valence-corrected chi connectivity index (χ0v) is 27.6. The fourth-order valence-electron chi connectivity index (χ4n) is 5.00. The molecule has 0 saturated heterocycles. The summed E-state index contributed by atoms with van der Waals surface area (Å²) in [6, 6.07) is 67.1. The number of nitrogens with zero attached hydrogens (tertiary/aromatic N) is 1. The molecule has 1 aromatic heterocycles. The third-order valence-corrected chi connectivity index (χ3v) is 13.2. The molecule has 4 heteroatoms. The zero-order chi connectivity index (χ0) is 29.4. The summed E-state index contributed by atoms with van der Waals surface area (Å²) in [5, 5.41) is 7.28. The largest absolute Gasteiger partial charge is 2.00 e. The van der Waals surface area contributed by atoms with Crippen LogP contribution in [0.1, 0.15) is 0 Å². The Labute approximate surface area is 274 Å². The van der Waals surface area contributed by atoms with Crippen molar-refractivity contribution < 1.29 is 16.5 Å². The second-order valence-corrected chi connectivity index (χ2v) is 15.2. The van der Waals surface area contributed by atoms with Crippen LogP contribution in [-0.2, 0) is 16.5 Å². The molecule has 0 aliphatic rings. The van der Waals surface area contributed by atoms with Crippen molar-refractivity contribution in [2.24, 2.45) is 0 Å². The fourth-order valence-corrected chi connectivity index (χ4v) is 11.2. The van der Waals surface area contributed by atoms with Crippen LogP contribution < -0.4 is 26.2 Å². The Morgan fingerprint density at radius 3 is 1.11 bits per heavy atom. The molecule has 0 aliphatic carbocycles. The molecule has 0 spiro atoms. The molecular formula is C40H37NNiP2+2. The van der Waals surface area contributed by atoms with Gasteiger partial charge in [-0.25, -0.2) is 0 Å². The fraction of sp³-hybridized carbons (Fsp3) is 0.0500. The molecule has 0 radical (unpaired) electrons. The predicted octanol–water partition coefficient (Wildman–Crippen LogP) is 8.00. The van der Waals surface area contributed by atoms with Crippen LogP contribution >= 0.6 is 15.8 Å². The normalized spacial score (nSPS) is 10.2. The molecule has 0 N–H and O–H groups in total. The number of aromatic nitrogens is 1. The van der Waals surface area contributed by atoms with Crippen molar-refractivity contribution in [2.75, 3.05) is 12.3 Å². The number of fused-ring (bicyclic) bond motifs is 1. The summed E-state index contributed by atoms with van der Waals surface area (Å²) in [4.78, 5) is 4.12. The van der Waals surface area contributed by atoms with Crippen molar-refractivity contribution in [2.45, 2.75) is 0 Å². The van der Waals surface area contributed by atoms with Crippen LogP contribution in [0.15, 0.2) is 188 Å². The molecule has 0 unspecified atom stereocenters. The van der Waals surface area contributed by atoms with Crippen LogP contribution in [0.4, 0.5) is 0 Å². The van der Waals surface area contributed by atoms with Crippen molar-refractivity contribution in [3.05, 3.63) is 194 Å². The summed E-state index contributed by atoms with van der Waals surface area (Å²) in [5.74, 6) is 0. The molecule has 1 nitrogen and oxygen atoms in total.